The molecule has 0 aromatic carbocycles. The van der Waals surface area contributed by atoms with Gasteiger partial charge in [0.15, 0.2) is 5.65 Å². The number of hydrogen-bond donors (Lipinski definition) is 3. The lowest BCUT2D eigenvalue weighted by molar-refractivity contribution is 0.0448. The van der Waals surface area contributed by atoms with Crippen molar-refractivity contribution in [3.05, 3.63) is 42.4 Å². The highest BCUT2D eigenvalue weighted by atomic mass is 16.5. The Labute approximate surface area is 201 Å². The van der Waals surface area contributed by atoms with Crippen LogP contribution in [0.25, 0.3) is 27.9 Å². The minimum atomic E-state index is -0.508. The van der Waals surface area contributed by atoms with Gasteiger partial charge in [-0.2, -0.15) is 9.61 Å². The molecule has 4 atom stereocenters. The number of carbonyl (C=O) groups excluding carboxylic acids is 1. The monoisotopic (exact) mass is 477 g/mol. The zero-order valence-corrected chi connectivity index (χ0v) is 19.5. The van der Waals surface area contributed by atoms with Gasteiger partial charge in [-0.05, 0) is 25.0 Å². The van der Waals surface area contributed by atoms with E-state index >= 15 is 0 Å². The van der Waals surface area contributed by atoms with E-state index in [9.17, 15) is 9.90 Å². The first-order chi connectivity index (χ1) is 17.1. The molecule has 11 heteroatoms. The molecule has 0 radical (unpaired) electrons. The summed E-state index contributed by atoms with van der Waals surface area (Å²) in [4.78, 5) is 22.5. The number of aliphatic hydroxyl groups excluding tert-OH is 1. The average molecular weight is 478 g/mol. The molecule has 0 unspecified atom stereocenters. The van der Waals surface area contributed by atoms with Crippen molar-refractivity contribution in [3.8, 4) is 11.3 Å². The van der Waals surface area contributed by atoms with Crippen LogP contribution in [0, 0.1) is 0 Å². The van der Waals surface area contributed by atoms with Gasteiger partial charge in [0.05, 0.1) is 43.3 Å². The van der Waals surface area contributed by atoms with Crippen molar-refractivity contribution in [1.29, 1.82) is 0 Å². The molecule has 0 spiro atoms. The summed E-state index contributed by atoms with van der Waals surface area (Å²) in [6.07, 6.45) is 6.18. The molecule has 4 aromatic heterocycles. The lowest BCUT2D eigenvalue weighted by Crippen LogP contribution is -2.50. The average Bonchev–Trinajstić information content (AvgIpc) is 3.61. The second-order valence-electron chi connectivity index (χ2n) is 9.00. The third-order valence-electron chi connectivity index (χ3n) is 7.05. The normalized spacial score (nSPS) is 24.1. The summed E-state index contributed by atoms with van der Waals surface area (Å²) in [5.41, 5.74) is 3.17. The maximum Gasteiger partial charge on any atom is 0.257 e. The summed E-state index contributed by atoms with van der Waals surface area (Å²) < 4.78 is 15.0. The molecule has 1 aliphatic heterocycles. The number of hydrogen-bond acceptors (Lipinski definition) is 8. The summed E-state index contributed by atoms with van der Waals surface area (Å²) in [5, 5.41) is 21.3. The number of aromatic nitrogens is 5. The molecule has 1 saturated carbocycles. The topological polar surface area (TPSA) is 128 Å². The van der Waals surface area contributed by atoms with Crippen LogP contribution in [0.15, 0.2) is 36.8 Å². The van der Waals surface area contributed by atoms with E-state index in [4.69, 9.17) is 14.5 Å². The van der Waals surface area contributed by atoms with Gasteiger partial charge in [0.25, 0.3) is 5.91 Å². The van der Waals surface area contributed by atoms with E-state index in [-0.39, 0.29) is 24.1 Å². The second kappa shape index (κ2) is 8.59. The fourth-order valence-corrected chi connectivity index (χ4v) is 4.88. The van der Waals surface area contributed by atoms with Gasteiger partial charge in [-0.15, -0.1) is 0 Å². The van der Waals surface area contributed by atoms with Crippen LogP contribution in [0.5, 0.6) is 0 Å². The van der Waals surface area contributed by atoms with E-state index in [0.29, 0.717) is 42.4 Å². The van der Waals surface area contributed by atoms with E-state index in [1.807, 2.05) is 24.4 Å². The zero-order chi connectivity index (χ0) is 24.1. The van der Waals surface area contributed by atoms with Gasteiger partial charge in [-0.25, -0.2) is 9.97 Å². The fraction of sp³-hybridized carbons (Fsp3) is 0.417. The Morgan fingerprint density at radius 2 is 2.17 bits per heavy atom. The quantitative estimate of drug-likeness (QED) is 0.382. The number of carbonyl (C=O) groups is 1. The first-order valence-corrected chi connectivity index (χ1v) is 11.7. The van der Waals surface area contributed by atoms with Crippen molar-refractivity contribution >= 4 is 28.4 Å². The minimum absolute atomic E-state index is 0.0103. The highest BCUT2D eigenvalue weighted by Crippen LogP contribution is 2.35. The molecule has 1 saturated heterocycles. The van der Waals surface area contributed by atoms with Gasteiger partial charge in [0.1, 0.15) is 23.1 Å². The molecule has 1 amide bonds. The summed E-state index contributed by atoms with van der Waals surface area (Å²) in [5.74, 6) is 0.391. The van der Waals surface area contributed by atoms with Gasteiger partial charge < -0.3 is 29.8 Å². The summed E-state index contributed by atoms with van der Waals surface area (Å²) in [6, 6.07) is 5.56. The third kappa shape index (κ3) is 3.54. The molecule has 6 rings (SSSR count). The van der Waals surface area contributed by atoms with Crippen LogP contribution in [0.3, 0.4) is 0 Å². The number of nitrogens with one attached hydrogen (secondary N) is 2. The molecule has 2 fully saturated rings. The van der Waals surface area contributed by atoms with Crippen LogP contribution in [0.2, 0.25) is 0 Å². The highest BCUT2D eigenvalue weighted by Gasteiger charge is 2.33. The van der Waals surface area contributed by atoms with Crippen molar-refractivity contribution in [2.45, 2.75) is 37.1 Å². The largest absolute Gasteiger partial charge is 0.391 e. The number of anilines is 1. The van der Waals surface area contributed by atoms with E-state index in [0.717, 1.165) is 23.0 Å². The number of fused-ring (bicyclic) bond motifs is 2. The Kier molecular flexibility index (Phi) is 5.39. The molecule has 0 bridgehead atoms. The molecule has 4 aromatic rings. The fourth-order valence-electron chi connectivity index (χ4n) is 4.88. The Morgan fingerprint density at radius 1 is 1.29 bits per heavy atom. The van der Waals surface area contributed by atoms with Crippen LogP contribution in [-0.2, 0) is 9.47 Å². The predicted molar refractivity (Wildman–Crippen MR) is 128 cm³/mol. The molecule has 3 N–H and O–H groups in total. The SMILES string of the molecule is CNc1cc(-c2cn([C@@H]3COC[C@H]3OC)c3ncccc23)nc2c(C(=O)N[C@@H]3CC[C@@H]3O)cnn12. The zero-order valence-electron chi connectivity index (χ0n) is 19.5. The number of pyridine rings is 1. The van der Waals surface area contributed by atoms with Crippen LogP contribution < -0.4 is 10.6 Å². The molecule has 11 nitrogen and oxygen atoms in total. The minimum Gasteiger partial charge on any atom is -0.391 e. The summed E-state index contributed by atoms with van der Waals surface area (Å²) in [6.45, 7) is 1.06. The van der Waals surface area contributed by atoms with Crippen LogP contribution >= 0.6 is 0 Å². The van der Waals surface area contributed by atoms with Gasteiger partial charge >= 0.3 is 0 Å². The molecule has 182 valence electrons. The standard InChI is InChI=1S/C24H27N7O4/c1-25-21-8-17(28-23-14(9-27-31(21)23)24(33)29-16-5-6-19(16)32)15-10-30(18-11-35-12-20(18)34-2)22-13(15)4-3-7-26-22/h3-4,7-10,16,18-20,25,32H,5-6,11-12H2,1-2H3,(H,29,33)/t16-,18-,19+,20-/m1/s1. The molecule has 35 heavy (non-hydrogen) atoms. The molecular weight excluding hydrogens is 450 g/mol. The number of nitrogens with zero attached hydrogens (tertiary/aromatic N) is 5. The number of amides is 1. The Morgan fingerprint density at radius 3 is 2.91 bits per heavy atom. The van der Waals surface area contributed by atoms with Gasteiger partial charge in [-0.1, -0.05) is 0 Å². The maximum atomic E-state index is 13.0. The molecule has 5 heterocycles. The Bertz CT molecular complexity index is 1410. The number of ether oxygens (including phenoxy) is 2. The van der Waals surface area contributed by atoms with Crippen LogP contribution in [-0.4, -0.2) is 80.8 Å². The van der Waals surface area contributed by atoms with Gasteiger partial charge in [0.2, 0.25) is 0 Å². The first-order valence-electron chi connectivity index (χ1n) is 11.7. The maximum absolute atomic E-state index is 13.0. The molecular formula is C24H27N7O4. The molecule has 2 aliphatic rings. The van der Waals surface area contributed by atoms with E-state index in [1.165, 1.54) is 6.20 Å². The van der Waals surface area contributed by atoms with E-state index < -0.39 is 6.10 Å². The number of methoxy groups -OCH3 is 1. The second-order valence-corrected chi connectivity index (χ2v) is 9.00. The van der Waals surface area contributed by atoms with Crippen molar-refractivity contribution in [2.24, 2.45) is 0 Å². The lowest BCUT2D eigenvalue weighted by atomic mass is 9.89. The first kappa shape index (κ1) is 22.0. The summed E-state index contributed by atoms with van der Waals surface area (Å²) >= 11 is 0. The van der Waals surface area contributed by atoms with E-state index in [2.05, 4.69) is 25.3 Å². The smallest absolute Gasteiger partial charge is 0.257 e. The van der Waals surface area contributed by atoms with Crippen LogP contribution in [0.1, 0.15) is 29.2 Å². The Hall–Kier alpha value is -3.54. The van der Waals surface area contributed by atoms with Crippen molar-refractivity contribution < 1.29 is 19.4 Å². The van der Waals surface area contributed by atoms with Crippen molar-refractivity contribution in [3.63, 3.8) is 0 Å². The van der Waals surface area contributed by atoms with Gasteiger partial charge in [-0.3, -0.25) is 4.79 Å². The van der Waals surface area contributed by atoms with Gasteiger partial charge in [0, 0.05) is 43.6 Å². The summed E-state index contributed by atoms with van der Waals surface area (Å²) in [7, 11) is 3.49. The number of aliphatic hydroxyl groups is 1. The van der Waals surface area contributed by atoms with E-state index in [1.54, 1.807) is 24.9 Å². The Balaban J connectivity index is 1.47. The van der Waals surface area contributed by atoms with Crippen molar-refractivity contribution in [1.82, 2.24) is 29.5 Å². The van der Waals surface area contributed by atoms with Crippen molar-refractivity contribution in [2.75, 3.05) is 32.7 Å². The third-order valence-corrected chi connectivity index (χ3v) is 7.05. The molecule has 1 aliphatic carbocycles. The number of rotatable bonds is 6. The lowest BCUT2D eigenvalue weighted by Gasteiger charge is -2.32. The van der Waals surface area contributed by atoms with Crippen LogP contribution in [0.4, 0.5) is 5.82 Å². The highest BCUT2D eigenvalue weighted by molar-refractivity contribution is 6.01. The predicted octanol–water partition coefficient (Wildman–Crippen LogP) is 1.63.